The van der Waals surface area contributed by atoms with Gasteiger partial charge in [-0.25, -0.2) is 4.39 Å². The molecule has 0 radical (unpaired) electrons. The first-order valence-electron chi connectivity index (χ1n) is 7.82. The average molecular weight is 332 g/mol. The third-order valence-electron chi connectivity index (χ3n) is 3.54. The highest BCUT2D eigenvalue weighted by Crippen LogP contribution is 2.21. The van der Waals surface area contributed by atoms with E-state index in [0.717, 1.165) is 29.9 Å². The van der Waals surface area contributed by atoms with Crippen molar-refractivity contribution in [3.8, 4) is 5.75 Å². The summed E-state index contributed by atoms with van der Waals surface area (Å²) in [6, 6.07) is 13.6. The van der Waals surface area contributed by atoms with Crippen LogP contribution in [0.25, 0.3) is 0 Å². The first-order chi connectivity index (χ1) is 11.1. The van der Waals surface area contributed by atoms with Gasteiger partial charge in [0.15, 0.2) is 0 Å². The van der Waals surface area contributed by atoms with Crippen LogP contribution in [0.2, 0.25) is 0 Å². The van der Waals surface area contributed by atoms with Crippen LogP contribution in [-0.2, 0) is 11.2 Å². The second kappa shape index (κ2) is 9.36. The van der Waals surface area contributed by atoms with E-state index >= 15 is 0 Å². The van der Waals surface area contributed by atoms with Gasteiger partial charge < -0.3 is 5.11 Å². The quantitative estimate of drug-likeness (QED) is 0.519. The molecule has 0 aliphatic carbocycles. The number of halogens is 1. The number of para-hydroxylation sites is 1. The molecular weight excluding hydrogens is 311 g/mol. The minimum Gasteiger partial charge on any atom is -0.508 e. The molecule has 0 heterocycles. The summed E-state index contributed by atoms with van der Waals surface area (Å²) < 4.78 is 13.0. The van der Waals surface area contributed by atoms with E-state index in [0.29, 0.717) is 18.4 Å². The Labute approximate surface area is 140 Å². The van der Waals surface area contributed by atoms with Gasteiger partial charge >= 0.3 is 0 Å². The molecule has 4 heteroatoms. The van der Waals surface area contributed by atoms with Gasteiger partial charge in [0.2, 0.25) is 0 Å². The van der Waals surface area contributed by atoms with Crippen LogP contribution in [0.1, 0.15) is 31.2 Å². The smallest absolute Gasteiger partial charge is 0.137 e. The van der Waals surface area contributed by atoms with Crippen LogP contribution in [0.4, 0.5) is 4.39 Å². The Morgan fingerprint density at radius 1 is 1.04 bits per heavy atom. The summed E-state index contributed by atoms with van der Waals surface area (Å²) in [5.74, 6) is 1.07. The number of benzene rings is 2. The number of phenols is 1. The van der Waals surface area contributed by atoms with E-state index < -0.39 is 0 Å². The Morgan fingerprint density at radius 2 is 1.87 bits per heavy atom. The number of hydrogen-bond acceptors (Lipinski definition) is 3. The minimum absolute atomic E-state index is 0.157. The highest BCUT2D eigenvalue weighted by molar-refractivity contribution is 7.99. The zero-order chi connectivity index (χ0) is 16.5. The highest BCUT2D eigenvalue weighted by atomic mass is 32.2. The Kier molecular flexibility index (Phi) is 7.14. The largest absolute Gasteiger partial charge is 0.508 e. The molecule has 2 aromatic carbocycles. The molecule has 1 N–H and O–H groups in total. The lowest BCUT2D eigenvalue weighted by atomic mass is 10.0. The van der Waals surface area contributed by atoms with E-state index in [1.807, 2.05) is 12.1 Å². The molecule has 23 heavy (non-hydrogen) atoms. The molecular formula is C19H21FO2S. The summed E-state index contributed by atoms with van der Waals surface area (Å²) in [5, 5.41) is 9.65. The lowest BCUT2D eigenvalue weighted by Crippen LogP contribution is -2.02. The van der Waals surface area contributed by atoms with Crippen molar-refractivity contribution in [1.82, 2.24) is 0 Å². The number of carbonyl (C=O) groups is 1. The van der Waals surface area contributed by atoms with E-state index in [1.54, 1.807) is 42.1 Å². The average Bonchev–Trinajstić information content (AvgIpc) is 2.53. The van der Waals surface area contributed by atoms with Crippen LogP contribution < -0.4 is 0 Å². The Hall–Kier alpha value is -1.81. The molecule has 0 aromatic heterocycles. The van der Waals surface area contributed by atoms with Gasteiger partial charge in [-0.15, -0.1) is 11.8 Å². The Balaban J connectivity index is 1.58. The zero-order valence-corrected chi connectivity index (χ0v) is 13.8. The van der Waals surface area contributed by atoms with Gasteiger partial charge in [0.25, 0.3) is 0 Å². The molecule has 0 bridgehead atoms. The predicted octanol–water partition coefficient (Wildman–Crippen LogP) is 5.00. The fraction of sp³-hybridized carbons (Fsp3) is 0.316. The maximum Gasteiger partial charge on any atom is 0.137 e. The lowest BCUT2D eigenvalue weighted by Gasteiger charge is -2.04. The van der Waals surface area contributed by atoms with Gasteiger partial charge in [0.05, 0.1) is 0 Å². The van der Waals surface area contributed by atoms with Gasteiger partial charge in [-0.3, -0.25) is 4.79 Å². The van der Waals surface area contributed by atoms with E-state index in [4.69, 9.17) is 0 Å². The van der Waals surface area contributed by atoms with Crippen molar-refractivity contribution in [3.05, 3.63) is 59.9 Å². The molecule has 0 saturated carbocycles. The van der Waals surface area contributed by atoms with Crippen LogP contribution in [0.3, 0.4) is 0 Å². The lowest BCUT2D eigenvalue weighted by molar-refractivity contribution is -0.118. The molecule has 0 aliphatic rings. The molecule has 0 aliphatic heterocycles. The fourth-order valence-corrected chi connectivity index (χ4v) is 3.26. The SMILES string of the molecule is O=C(CCCCCSc1cccc(F)c1)Cc1ccccc1O. The van der Waals surface area contributed by atoms with E-state index in [9.17, 15) is 14.3 Å². The number of Topliss-reactive ketones (excluding diaryl/α,β-unsaturated/α-hetero) is 1. The van der Waals surface area contributed by atoms with Gasteiger partial charge in [-0.2, -0.15) is 0 Å². The van der Waals surface area contributed by atoms with Crippen molar-refractivity contribution in [2.75, 3.05) is 5.75 Å². The summed E-state index contributed by atoms with van der Waals surface area (Å²) in [7, 11) is 0. The van der Waals surface area contributed by atoms with Gasteiger partial charge in [-0.05, 0) is 42.9 Å². The van der Waals surface area contributed by atoms with Crippen molar-refractivity contribution in [2.24, 2.45) is 0 Å². The van der Waals surface area contributed by atoms with Crippen LogP contribution >= 0.6 is 11.8 Å². The number of ketones is 1. The summed E-state index contributed by atoms with van der Waals surface area (Å²) in [6.45, 7) is 0. The monoisotopic (exact) mass is 332 g/mol. The molecule has 0 saturated heterocycles. The van der Waals surface area contributed by atoms with Crippen LogP contribution in [-0.4, -0.2) is 16.6 Å². The predicted molar refractivity (Wildman–Crippen MR) is 92.4 cm³/mol. The summed E-state index contributed by atoms with van der Waals surface area (Å²) in [5.41, 5.74) is 0.694. The Morgan fingerprint density at radius 3 is 2.65 bits per heavy atom. The number of thioether (sulfide) groups is 1. The molecule has 0 unspecified atom stereocenters. The van der Waals surface area contributed by atoms with Gasteiger partial charge in [0.1, 0.15) is 17.3 Å². The van der Waals surface area contributed by atoms with E-state index in [2.05, 4.69) is 0 Å². The number of phenolic OH excluding ortho intramolecular Hbond substituents is 1. The zero-order valence-electron chi connectivity index (χ0n) is 13.0. The first-order valence-corrected chi connectivity index (χ1v) is 8.80. The number of hydrogen-bond donors (Lipinski definition) is 1. The normalized spacial score (nSPS) is 10.7. The Bertz CT molecular complexity index is 643. The van der Waals surface area contributed by atoms with Crippen molar-refractivity contribution >= 4 is 17.5 Å². The number of carbonyl (C=O) groups excluding carboxylic acids is 1. The fourth-order valence-electron chi connectivity index (χ4n) is 2.31. The summed E-state index contributed by atoms with van der Waals surface area (Å²) in [6.07, 6.45) is 3.68. The minimum atomic E-state index is -0.204. The second-order valence-corrected chi connectivity index (χ2v) is 6.63. The summed E-state index contributed by atoms with van der Waals surface area (Å²) >= 11 is 1.64. The van der Waals surface area contributed by atoms with E-state index in [-0.39, 0.29) is 17.3 Å². The highest BCUT2D eigenvalue weighted by Gasteiger charge is 2.07. The third kappa shape index (κ3) is 6.45. The molecule has 2 aromatic rings. The summed E-state index contributed by atoms with van der Waals surface area (Å²) in [4.78, 5) is 12.8. The maximum atomic E-state index is 13.0. The van der Waals surface area contributed by atoms with Crippen LogP contribution in [0.5, 0.6) is 5.75 Å². The maximum absolute atomic E-state index is 13.0. The molecule has 122 valence electrons. The topological polar surface area (TPSA) is 37.3 Å². The van der Waals surface area contributed by atoms with Crippen molar-refractivity contribution in [1.29, 1.82) is 0 Å². The van der Waals surface area contributed by atoms with Crippen molar-refractivity contribution in [3.63, 3.8) is 0 Å². The molecule has 0 amide bonds. The van der Waals surface area contributed by atoms with Crippen molar-refractivity contribution < 1.29 is 14.3 Å². The number of rotatable bonds is 9. The first kappa shape index (κ1) is 17.5. The molecule has 0 spiro atoms. The number of aromatic hydroxyl groups is 1. The van der Waals surface area contributed by atoms with Crippen LogP contribution in [0, 0.1) is 5.82 Å². The molecule has 2 rings (SSSR count). The second-order valence-electron chi connectivity index (χ2n) is 5.46. The standard InChI is InChI=1S/C19H21FO2S/c20-16-8-6-10-18(14-16)23-12-5-1-2-9-17(21)13-15-7-3-4-11-19(15)22/h3-4,6-8,10-11,14,22H,1-2,5,9,12-13H2. The molecule has 0 fully saturated rings. The van der Waals surface area contributed by atoms with Crippen LogP contribution in [0.15, 0.2) is 53.4 Å². The number of unbranched alkanes of at least 4 members (excludes halogenated alkanes) is 2. The van der Waals surface area contributed by atoms with Gasteiger partial charge in [-0.1, -0.05) is 30.7 Å². The van der Waals surface area contributed by atoms with E-state index in [1.165, 1.54) is 6.07 Å². The van der Waals surface area contributed by atoms with Crippen molar-refractivity contribution in [2.45, 2.75) is 37.0 Å². The van der Waals surface area contributed by atoms with Gasteiger partial charge in [0, 0.05) is 23.3 Å². The third-order valence-corrected chi connectivity index (χ3v) is 4.62. The molecule has 2 nitrogen and oxygen atoms in total. The molecule has 0 atom stereocenters.